The van der Waals surface area contributed by atoms with E-state index >= 15 is 0 Å². The van der Waals surface area contributed by atoms with Crippen LogP contribution >= 0.6 is 0 Å². The monoisotopic (exact) mass is 203 g/mol. The molecule has 0 bridgehead atoms. The van der Waals surface area contributed by atoms with Gasteiger partial charge >= 0.3 is 0 Å². The average molecular weight is 203 g/mol. The van der Waals surface area contributed by atoms with Crippen molar-refractivity contribution in [2.75, 3.05) is 6.54 Å². The van der Waals surface area contributed by atoms with Crippen molar-refractivity contribution in [2.24, 2.45) is 0 Å². The molecule has 78 valence electrons. The van der Waals surface area contributed by atoms with E-state index in [1.807, 2.05) is 13.0 Å². The van der Waals surface area contributed by atoms with Crippen molar-refractivity contribution in [1.29, 1.82) is 0 Å². The molecule has 1 aromatic rings. The Kier molecular flexibility index (Phi) is 3.03. The van der Waals surface area contributed by atoms with E-state index in [0.717, 1.165) is 24.0 Å². The largest absolute Gasteiger partial charge is 0.299 e. The van der Waals surface area contributed by atoms with Gasteiger partial charge in [0.25, 0.3) is 0 Å². The summed E-state index contributed by atoms with van der Waals surface area (Å²) in [5, 5.41) is 3.33. The lowest BCUT2D eigenvalue weighted by Crippen LogP contribution is -2.19. The first-order valence-electron chi connectivity index (χ1n) is 5.23. The Morgan fingerprint density at radius 3 is 3.20 bits per heavy atom. The van der Waals surface area contributed by atoms with Crippen LogP contribution in [0.25, 0.3) is 0 Å². The Morgan fingerprint density at radius 1 is 1.53 bits per heavy atom. The maximum Gasteiger partial charge on any atom is 0.126 e. The minimum Gasteiger partial charge on any atom is -0.299 e. The molecule has 1 unspecified atom stereocenters. The molecule has 0 aromatic heterocycles. The molecule has 0 saturated carbocycles. The van der Waals surface area contributed by atoms with E-state index in [2.05, 4.69) is 17.2 Å². The number of benzene rings is 1. The maximum atomic E-state index is 13.4. The summed E-state index contributed by atoms with van der Waals surface area (Å²) in [6.45, 7) is 2.50. The second-order valence-electron chi connectivity index (χ2n) is 3.71. The lowest BCUT2D eigenvalue weighted by atomic mass is 10.1. The highest BCUT2D eigenvalue weighted by Crippen LogP contribution is 2.32. The topological polar surface area (TPSA) is 12.0 Å². The lowest BCUT2D eigenvalue weighted by molar-refractivity contribution is 0.568. The summed E-state index contributed by atoms with van der Waals surface area (Å²) >= 11 is 0. The minimum absolute atomic E-state index is 0.0709. The van der Waals surface area contributed by atoms with Crippen molar-refractivity contribution in [3.8, 4) is 11.8 Å². The first-order valence-corrected chi connectivity index (χ1v) is 5.23. The third-order valence-corrected chi connectivity index (χ3v) is 2.83. The van der Waals surface area contributed by atoms with Crippen LogP contribution in [0.4, 0.5) is 4.39 Å². The highest BCUT2D eigenvalue weighted by atomic mass is 19.1. The molecular weight excluding hydrogens is 189 g/mol. The van der Waals surface area contributed by atoms with Gasteiger partial charge in [0.05, 0.1) is 6.54 Å². The molecule has 1 aliphatic rings. The zero-order chi connectivity index (χ0) is 10.7. The van der Waals surface area contributed by atoms with Gasteiger partial charge in [-0.1, -0.05) is 18.1 Å². The number of nitrogens with one attached hydrogen (secondary N) is 1. The number of fused-ring (bicyclic) bond motifs is 1. The fourth-order valence-electron chi connectivity index (χ4n) is 2.08. The van der Waals surface area contributed by atoms with Crippen molar-refractivity contribution in [2.45, 2.75) is 25.8 Å². The number of hydrogen-bond acceptors (Lipinski definition) is 1. The normalized spacial score (nSPS) is 18.1. The number of rotatable bonds is 2. The van der Waals surface area contributed by atoms with E-state index in [4.69, 9.17) is 0 Å². The van der Waals surface area contributed by atoms with Crippen LogP contribution in [0.15, 0.2) is 18.2 Å². The van der Waals surface area contributed by atoms with Crippen molar-refractivity contribution < 1.29 is 4.39 Å². The fraction of sp³-hybridized carbons (Fsp3) is 0.385. The second kappa shape index (κ2) is 4.46. The smallest absolute Gasteiger partial charge is 0.126 e. The SMILES string of the molecule is CC#CCNC1CCc2c(F)cccc21. The molecule has 0 fully saturated rings. The molecule has 0 amide bonds. The summed E-state index contributed by atoms with van der Waals surface area (Å²) in [5.74, 6) is 5.74. The van der Waals surface area contributed by atoms with E-state index in [1.165, 1.54) is 6.07 Å². The minimum atomic E-state index is -0.0709. The van der Waals surface area contributed by atoms with Gasteiger partial charge in [0.1, 0.15) is 5.82 Å². The molecule has 1 N–H and O–H groups in total. The predicted octanol–water partition coefficient (Wildman–Crippen LogP) is 2.43. The van der Waals surface area contributed by atoms with Gasteiger partial charge in [-0.3, -0.25) is 5.32 Å². The average Bonchev–Trinajstić information content (AvgIpc) is 2.64. The van der Waals surface area contributed by atoms with Gasteiger partial charge in [0.2, 0.25) is 0 Å². The molecule has 0 aliphatic heterocycles. The van der Waals surface area contributed by atoms with Gasteiger partial charge in [0.15, 0.2) is 0 Å². The molecular formula is C13H14FN. The summed E-state index contributed by atoms with van der Waals surface area (Å²) < 4.78 is 13.4. The van der Waals surface area contributed by atoms with Gasteiger partial charge in [-0.15, -0.1) is 5.92 Å². The molecule has 1 aliphatic carbocycles. The highest BCUT2D eigenvalue weighted by molar-refractivity contribution is 5.35. The van der Waals surface area contributed by atoms with Crippen LogP contribution in [0.3, 0.4) is 0 Å². The van der Waals surface area contributed by atoms with E-state index in [1.54, 1.807) is 6.07 Å². The summed E-state index contributed by atoms with van der Waals surface area (Å²) in [7, 11) is 0. The summed E-state index contributed by atoms with van der Waals surface area (Å²) in [6, 6.07) is 5.59. The molecule has 15 heavy (non-hydrogen) atoms. The van der Waals surface area contributed by atoms with E-state index in [0.29, 0.717) is 6.54 Å². The Morgan fingerprint density at radius 2 is 2.40 bits per heavy atom. The lowest BCUT2D eigenvalue weighted by Gasteiger charge is -2.11. The van der Waals surface area contributed by atoms with Crippen LogP contribution < -0.4 is 5.32 Å². The van der Waals surface area contributed by atoms with Crippen molar-refractivity contribution in [1.82, 2.24) is 5.32 Å². The summed E-state index contributed by atoms with van der Waals surface area (Å²) in [6.07, 6.45) is 1.81. The Bertz CT molecular complexity index is 414. The maximum absolute atomic E-state index is 13.4. The molecule has 0 saturated heterocycles. The molecule has 0 heterocycles. The molecule has 1 aromatic carbocycles. The second-order valence-corrected chi connectivity index (χ2v) is 3.71. The highest BCUT2D eigenvalue weighted by Gasteiger charge is 2.23. The Hall–Kier alpha value is -1.33. The molecule has 0 spiro atoms. The van der Waals surface area contributed by atoms with Crippen LogP contribution in [0.1, 0.15) is 30.5 Å². The van der Waals surface area contributed by atoms with Crippen LogP contribution in [-0.2, 0) is 6.42 Å². The van der Waals surface area contributed by atoms with Crippen molar-refractivity contribution in [3.05, 3.63) is 35.1 Å². The van der Waals surface area contributed by atoms with Crippen LogP contribution in [-0.4, -0.2) is 6.54 Å². The van der Waals surface area contributed by atoms with Gasteiger partial charge in [0, 0.05) is 6.04 Å². The van der Waals surface area contributed by atoms with Crippen LogP contribution in [0, 0.1) is 17.7 Å². The fourth-order valence-corrected chi connectivity index (χ4v) is 2.08. The molecule has 0 radical (unpaired) electrons. The summed E-state index contributed by atoms with van der Waals surface area (Å²) in [5.41, 5.74) is 1.98. The van der Waals surface area contributed by atoms with Crippen molar-refractivity contribution >= 4 is 0 Å². The van der Waals surface area contributed by atoms with Gasteiger partial charge in [-0.25, -0.2) is 4.39 Å². The van der Waals surface area contributed by atoms with Gasteiger partial charge in [-0.2, -0.15) is 0 Å². The van der Waals surface area contributed by atoms with Crippen molar-refractivity contribution in [3.63, 3.8) is 0 Å². The van der Waals surface area contributed by atoms with Crippen LogP contribution in [0.2, 0.25) is 0 Å². The molecule has 1 nitrogen and oxygen atoms in total. The first kappa shape index (κ1) is 10.2. The number of halogens is 1. The first-order chi connectivity index (χ1) is 7.33. The van der Waals surface area contributed by atoms with Gasteiger partial charge < -0.3 is 0 Å². The Labute approximate surface area is 89.7 Å². The molecule has 2 heteroatoms. The van der Waals surface area contributed by atoms with Gasteiger partial charge in [-0.05, 0) is 37.0 Å². The van der Waals surface area contributed by atoms with E-state index in [-0.39, 0.29) is 11.9 Å². The zero-order valence-corrected chi connectivity index (χ0v) is 8.81. The number of hydrogen-bond donors (Lipinski definition) is 1. The predicted molar refractivity (Wildman–Crippen MR) is 58.9 cm³/mol. The third kappa shape index (κ3) is 2.03. The summed E-state index contributed by atoms with van der Waals surface area (Å²) in [4.78, 5) is 0. The zero-order valence-electron chi connectivity index (χ0n) is 8.81. The molecule has 2 rings (SSSR count). The quantitative estimate of drug-likeness (QED) is 0.728. The Balaban J connectivity index is 2.13. The standard InChI is InChI=1S/C13H14FN/c1-2-3-9-15-13-8-7-10-11(13)5-4-6-12(10)14/h4-6,13,15H,7-9H2,1H3. The van der Waals surface area contributed by atoms with E-state index in [9.17, 15) is 4.39 Å². The van der Waals surface area contributed by atoms with Crippen LogP contribution in [0.5, 0.6) is 0 Å². The molecule has 1 atom stereocenters. The third-order valence-electron chi connectivity index (χ3n) is 2.83. The van der Waals surface area contributed by atoms with E-state index < -0.39 is 0 Å².